The van der Waals surface area contributed by atoms with Gasteiger partial charge in [-0.3, -0.25) is 4.79 Å². The maximum absolute atomic E-state index is 12.7. The van der Waals surface area contributed by atoms with Crippen LogP contribution in [0.25, 0.3) is 22.4 Å². The molecular formula is C30H25N3O4S. The lowest BCUT2D eigenvalue weighted by atomic mass is 9.99. The Bertz CT molecular complexity index is 1480. The van der Waals surface area contributed by atoms with Crippen LogP contribution in [0, 0.1) is 11.3 Å². The summed E-state index contributed by atoms with van der Waals surface area (Å²) < 4.78 is 10.1. The lowest BCUT2D eigenvalue weighted by Gasteiger charge is -2.13. The Morgan fingerprint density at radius 1 is 0.947 bits per heavy atom. The summed E-state index contributed by atoms with van der Waals surface area (Å²) in [5.74, 6) is 0.316. The number of amides is 1. The summed E-state index contributed by atoms with van der Waals surface area (Å²) in [5.41, 5.74) is 4.38. The van der Waals surface area contributed by atoms with Crippen molar-refractivity contribution in [3.05, 3.63) is 96.1 Å². The van der Waals surface area contributed by atoms with Crippen LogP contribution in [0.2, 0.25) is 0 Å². The molecule has 0 aliphatic carbocycles. The number of methoxy groups -OCH3 is 2. The quantitative estimate of drug-likeness (QED) is 0.206. The maximum Gasteiger partial charge on any atom is 0.339 e. The summed E-state index contributed by atoms with van der Waals surface area (Å²) >= 11 is 1.34. The average Bonchev–Trinajstić information content (AvgIpc) is 2.97. The second-order valence-corrected chi connectivity index (χ2v) is 9.21. The summed E-state index contributed by atoms with van der Waals surface area (Å²) in [6, 6.07) is 28.1. The van der Waals surface area contributed by atoms with Gasteiger partial charge in [-0.15, -0.1) is 11.8 Å². The second-order valence-electron chi connectivity index (χ2n) is 8.13. The fourth-order valence-corrected chi connectivity index (χ4v) is 4.77. The number of anilines is 1. The number of thioether (sulfide) groups is 1. The number of nitriles is 1. The number of para-hydroxylation sites is 1. The molecule has 0 aliphatic rings. The van der Waals surface area contributed by atoms with E-state index in [1.54, 1.807) is 31.4 Å². The van der Waals surface area contributed by atoms with Crippen molar-refractivity contribution in [2.45, 2.75) is 11.4 Å². The Morgan fingerprint density at radius 2 is 1.66 bits per heavy atom. The number of nitrogens with zero attached hydrogens (tertiary/aromatic N) is 2. The van der Waals surface area contributed by atoms with Gasteiger partial charge < -0.3 is 14.8 Å². The molecule has 38 heavy (non-hydrogen) atoms. The van der Waals surface area contributed by atoms with Crippen LogP contribution in [0.3, 0.4) is 0 Å². The first-order valence-corrected chi connectivity index (χ1v) is 12.8. The number of carbonyl (C=O) groups excluding carboxylic acids is 2. The summed E-state index contributed by atoms with van der Waals surface area (Å²) in [6.07, 6.45) is 0.153. The summed E-state index contributed by atoms with van der Waals surface area (Å²) in [6.45, 7) is 0. The van der Waals surface area contributed by atoms with E-state index in [1.807, 2.05) is 60.7 Å². The molecule has 0 spiro atoms. The molecule has 0 fully saturated rings. The van der Waals surface area contributed by atoms with E-state index in [0.29, 0.717) is 22.0 Å². The van der Waals surface area contributed by atoms with E-state index in [1.165, 1.54) is 18.9 Å². The fraction of sp³-hybridized carbons (Fsp3) is 0.133. The van der Waals surface area contributed by atoms with Gasteiger partial charge in [0, 0.05) is 23.3 Å². The van der Waals surface area contributed by atoms with Crippen LogP contribution < -0.4 is 10.1 Å². The van der Waals surface area contributed by atoms with Crippen molar-refractivity contribution >= 4 is 29.3 Å². The third-order valence-electron chi connectivity index (χ3n) is 5.74. The van der Waals surface area contributed by atoms with E-state index in [4.69, 9.17) is 14.5 Å². The summed E-state index contributed by atoms with van der Waals surface area (Å²) in [5, 5.41) is 13.4. The van der Waals surface area contributed by atoms with Gasteiger partial charge in [-0.05, 0) is 35.9 Å². The molecule has 0 atom stereocenters. The molecule has 3 aromatic carbocycles. The van der Waals surface area contributed by atoms with Gasteiger partial charge in [0.1, 0.15) is 16.8 Å². The first-order valence-electron chi connectivity index (χ1n) is 11.8. The van der Waals surface area contributed by atoms with E-state index in [0.717, 1.165) is 28.1 Å². The molecule has 0 bridgehead atoms. The molecule has 1 N–H and O–H groups in total. The Kier molecular flexibility index (Phi) is 8.75. The third kappa shape index (κ3) is 6.20. The van der Waals surface area contributed by atoms with Gasteiger partial charge in [0.25, 0.3) is 0 Å². The molecule has 8 heteroatoms. The number of aromatic nitrogens is 1. The lowest BCUT2D eigenvalue weighted by molar-refractivity contribution is -0.115. The van der Waals surface area contributed by atoms with Crippen LogP contribution in [0.1, 0.15) is 22.3 Å². The number of hydrogen-bond donors (Lipinski definition) is 1. The molecule has 7 nitrogen and oxygen atoms in total. The van der Waals surface area contributed by atoms with Crippen molar-refractivity contribution < 1.29 is 19.1 Å². The molecule has 0 unspecified atom stereocenters. The van der Waals surface area contributed by atoms with Crippen molar-refractivity contribution in [2.75, 3.05) is 25.3 Å². The van der Waals surface area contributed by atoms with Crippen LogP contribution in [0.4, 0.5) is 5.69 Å². The van der Waals surface area contributed by atoms with Gasteiger partial charge in [-0.1, -0.05) is 54.6 Å². The van der Waals surface area contributed by atoms with E-state index in [-0.39, 0.29) is 17.9 Å². The molecule has 0 saturated carbocycles. The van der Waals surface area contributed by atoms with Gasteiger partial charge in [-0.25, -0.2) is 9.78 Å². The Labute approximate surface area is 225 Å². The predicted molar refractivity (Wildman–Crippen MR) is 148 cm³/mol. The smallest absolute Gasteiger partial charge is 0.339 e. The molecule has 0 saturated heterocycles. The van der Waals surface area contributed by atoms with Crippen molar-refractivity contribution in [2.24, 2.45) is 0 Å². The monoisotopic (exact) mass is 523 g/mol. The first kappa shape index (κ1) is 26.5. The molecule has 4 rings (SSSR count). The molecule has 1 amide bonds. The zero-order chi connectivity index (χ0) is 26.9. The minimum atomic E-state index is -0.526. The Balaban J connectivity index is 1.59. The van der Waals surface area contributed by atoms with Crippen LogP contribution in [0.15, 0.2) is 90.0 Å². The van der Waals surface area contributed by atoms with Crippen LogP contribution in [-0.2, 0) is 9.53 Å². The number of pyridine rings is 1. The van der Waals surface area contributed by atoms with Crippen molar-refractivity contribution in [3.8, 4) is 34.2 Å². The van der Waals surface area contributed by atoms with Crippen molar-refractivity contribution in [3.63, 3.8) is 0 Å². The number of rotatable bonds is 9. The number of ether oxygens (including phenoxy) is 2. The SMILES string of the molecule is COC(=O)c1ccccc1NC(=O)CCSc1nc(-c2ccccc2)cc(-c2ccc(OC)cc2)c1C#N. The fourth-order valence-electron chi connectivity index (χ4n) is 3.82. The summed E-state index contributed by atoms with van der Waals surface area (Å²) in [7, 11) is 2.90. The number of nitrogens with one attached hydrogen (secondary N) is 1. The van der Waals surface area contributed by atoms with Crippen molar-refractivity contribution in [1.29, 1.82) is 5.26 Å². The first-order chi connectivity index (χ1) is 18.5. The molecule has 1 heterocycles. The largest absolute Gasteiger partial charge is 0.497 e. The minimum Gasteiger partial charge on any atom is -0.497 e. The zero-order valence-corrected chi connectivity index (χ0v) is 21.7. The van der Waals surface area contributed by atoms with Crippen LogP contribution >= 0.6 is 11.8 Å². The van der Waals surface area contributed by atoms with Crippen LogP contribution in [0.5, 0.6) is 5.75 Å². The topological polar surface area (TPSA) is 101 Å². The normalized spacial score (nSPS) is 10.3. The molecule has 0 radical (unpaired) electrons. The minimum absolute atomic E-state index is 0.153. The highest BCUT2D eigenvalue weighted by Crippen LogP contribution is 2.35. The van der Waals surface area contributed by atoms with Gasteiger partial charge in [0.2, 0.25) is 5.91 Å². The van der Waals surface area contributed by atoms with E-state index in [9.17, 15) is 14.9 Å². The highest BCUT2D eigenvalue weighted by Gasteiger charge is 2.17. The standard InChI is InChI=1S/C30H25N3O4S/c1-36-22-14-12-20(13-15-22)24-18-27(21-8-4-3-5-9-21)33-29(25(24)19-31)38-17-16-28(34)32-26-11-7-6-10-23(26)30(35)37-2/h3-15,18H,16-17H2,1-2H3,(H,32,34). The number of carbonyl (C=O) groups is 2. The van der Waals surface area contributed by atoms with E-state index >= 15 is 0 Å². The van der Waals surface area contributed by atoms with Gasteiger partial charge >= 0.3 is 5.97 Å². The van der Waals surface area contributed by atoms with Gasteiger partial charge in [0.05, 0.1) is 36.7 Å². The Hall–Kier alpha value is -4.61. The molecule has 4 aromatic rings. The molecule has 1 aromatic heterocycles. The lowest BCUT2D eigenvalue weighted by Crippen LogP contribution is -2.15. The highest BCUT2D eigenvalue weighted by atomic mass is 32.2. The molecule has 0 aliphatic heterocycles. The Morgan fingerprint density at radius 3 is 2.34 bits per heavy atom. The summed E-state index contributed by atoms with van der Waals surface area (Å²) in [4.78, 5) is 29.5. The molecule has 190 valence electrons. The van der Waals surface area contributed by atoms with Gasteiger partial charge in [0.15, 0.2) is 0 Å². The van der Waals surface area contributed by atoms with Crippen LogP contribution in [-0.4, -0.2) is 36.8 Å². The van der Waals surface area contributed by atoms with Gasteiger partial charge in [-0.2, -0.15) is 5.26 Å². The number of hydrogen-bond acceptors (Lipinski definition) is 7. The zero-order valence-electron chi connectivity index (χ0n) is 20.9. The van der Waals surface area contributed by atoms with E-state index in [2.05, 4.69) is 11.4 Å². The maximum atomic E-state index is 12.7. The van der Waals surface area contributed by atoms with E-state index < -0.39 is 5.97 Å². The average molecular weight is 524 g/mol. The molecular weight excluding hydrogens is 498 g/mol. The predicted octanol–water partition coefficient (Wildman–Crippen LogP) is 6.20. The number of esters is 1. The highest BCUT2D eigenvalue weighted by molar-refractivity contribution is 7.99. The second kappa shape index (κ2) is 12.6. The van der Waals surface area contributed by atoms with Crippen molar-refractivity contribution in [1.82, 2.24) is 4.98 Å². The third-order valence-corrected chi connectivity index (χ3v) is 6.72. The number of benzene rings is 3.